The van der Waals surface area contributed by atoms with E-state index in [0.29, 0.717) is 12.1 Å². The van der Waals surface area contributed by atoms with Crippen molar-refractivity contribution in [2.24, 2.45) is 0 Å². The largest absolute Gasteiger partial charge is 0.497 e. The van der Waals surface area contributed by atoms with Crippen LogP contribution in [0.3, 0.4) is 0 Å². The molecule has 1 spiro atoms. The highest BCUT2D eigenvalue weighted by atomic mass is 16.5. The van der Waals surface area contributed by atoms with Gasteiger partial charge in [0, 0.05) is 17.8 Å². The molecule has 164 valence electrons. The van der Waals surface area contributed by atoms with Crippen molar-refractivity contribution in [3.8, 4) is 17.6 Å². The molecule has 3 aromatic rings. The molecule has 0 amide bonds. The molecule has 0 bridgehead atoms. The summed E-state index contributed by atoms with van der Waals surface area (Å²) in [5, 5.41) is 9.30. The summed E-state index contributed by atoms with van der Waals surface area (Å²) < 4.78 is 12.4. The van der Waals surface area contributed by atoms with Crippen LogP contribution in [0.15, 0.2) is 73.3 Å². The van der Waals surface area contributed by atoms with Crippen LogP contribution in [0.25, 0.3) is 12.2 Å². The van der Waals surface area contributed by atoms with Crippen molar-refractivity contribution in [1.29, 1.82) is 5.26 Å². The van der Waals surface area contributed by atoms with Gasteiger partial charge in [0.25, 0.3) is 0 Å². The molecule has 33 heavy (non-hydrogen) atoms. The maximum atomic E-state index is 9.30. The lowest BCUT2D eigenvalue weighted by Crippen LogP contribution is -2.59. The van der Waals surface area contributed by atoms with E-state index in [0.717, 1.165) is 28.3 Å². The third kappa shape index (κ3) is 3.12. The average molecular weight is 435 g/mol. The van der Waals surface area contributed by atoms with Gasteiger partial charge in [0.2, 0.25) is 5.72 Å². The molecule has 0 aromatic heterocycles. The summed E-state index contributed by atoms with van der Waals surface area (Å²) in [5.74, 6) is 1.60. The predicted molar refractivity (Wildman–Crippen MR) is 132 cm³/mol. The fourth-order valence-electron chi connectivity index (χ4n) is 4.96. The monoisotopic (exact) mass is 434 g/mol. The summed E-state index contributed by atoms with van der Waals surface area (Å²) in [7, 11) is 1.69. The van der Waals surface area contributed by atoms with E-state index in [2.05, 4.69) is 79.9 Å². The number of nitrogens with zero attached hydrogens (tertiary/aromatic N) is 2. The first-order valence-corrected chi connectivity index (χ1v) is 11.0. The second kappa shape index (κ2) is 7.56. The Labute approximate surface area is 195 Å². The van der Waals surface area contributed by atoms with Gasteiger partial charge in [-0.1, -0.05) is 36.9 Å². The molecule has 0 fully saturated rings. The van der Waals surface area contributed by atoms with Crippen molar-refractivity contribution < 1.29 is 9.47 Å². The van der Waals surface area contributed by atoms with E-state index in [1.807, 2.05) is 30.3 Å². The van der Waals surface area contributed by atoms with Crippen LogP contribution in [0.1, 0.15) is 41.7 Å². The Hall–Kier alpha value is -3.97. The van der Waals surface area contributed by atoms with E-state index in [1.54, 1.807) is 7.11 Å². The van der Waals surface area contributed by atoms with Crippen LogP contribution >= 0.6 is 0 Å². The molecule has 0 aliphatic carbocycles. The summed E-state index contributed by atoms with van der Waals surface area (Å²) in [6.45, 7) is 8.96. The van der Waals surface area contributed by atoms with E-state index < -0.39 is 5.72 Å². The van der Waals surface area contributed by atoms with Crippen molar-refractivity contribution in [3.63, 3.8) is 0 Å². The Morgan fingerprint density at radius 1 is 1.09 bits per heavy atom. The number of methoxy groups -OCH3 is 1. The molecule has 0 saturated carbocycles. The maximum Gasteiger partial charge on any atom is 0.212 e. The summed E-state index contributed by atoms with van der Waals surface area (Å²) >= 11 is 0. The van der Waals surface area contributed by atoms with Gasteiger partial charge in [-0.3, -0.25) is 0 Å². The lowest BCUT2D eigenvalue weighted by atomic mass is 9.76. The second-order valence-corrected chi connectivity index (χ2v) is 9.04. The van der Waals surface area contributed by atoms with Crippen LogP contribution in [-0.2, 0) is 12.0 Å². The zero-order valence-electron chi connectivity index (χ0n) is 19.1. The predicted octanol–water partition coefficient (Wildman–Crippen LogP) is 6.31. The second-order valence-electron chi connectivity index (χ2n) is 9.04. The van der Waals surface area contributed by atoms with Gasteiger partial charge in [0.15, 0.2) is 0 Å². The topological polar surface area (TPSA) is 45.5 Å². The highest BCUT2D eigenvalue weighted by molar-refractivity contribution is 5.73. The minimum absolute atomic E-state index is 0.375. The molecule has 2 aliphatic rings. The van der Waals surface area contributed by atoms with E-state index in [4.69, 9.17) is 9.47 Å². The SMILES string of the molecule is C=Cc1ccc(CN2c3ccc(OC)cc3C(C)(C)C23C=Cc2cc(C#N)ccc2O3)cc1. The Kier molecular flexibility index (Phi) is 4.79. The molecule has 4 heteroatoms. The zero-order valence-corrected chi connectivity index (χ0v) is 19.1. The molecule has 0 radical (unpaired) electrons. The van der Waals surface area contributed by atoms with Crippen molar-refractivity contribution >= 4 is 17.8 Å². The molecular formula is C29H26N2O2. The Morgan fingerprint density at radius 3 is 2.58 bits per heavy atom. The van der Waals surface area contributed by atoms with Gasteiger partial charge in [-0.25, -0.2) is 0 Å². The third-order valence-electron chi connectivity index (χ3n) is 6.91. The van der Waals surface area contributed by atoms with Gasteiger partial charge in [0.05, 0.1) is 24.2 Å². The van der Waals surface area contributed by atoms with Crippen molar-refractivity contribution in [3.05, 3.63) is 101 Å². The molecule has 2 heterocycles. The fraction of sp³-hybridized carbons (Fsp3) is 0.207. The first-order valence-electron chi connectivity index (χ1n) is 11.0. The maximum absolute atomic E-state index is 9.30. The van der Waals surface area contributed by atoms with Gasteiger partial charge >= 0.3 is 0 Å². The van der Waals surface area contributed by atoms with Gasteiger partial charge < -0.3 is 14.4 Å². The fourth-order valence-corrected chi connectivity index (χ4v) is 4.96. The number of rotatable bonds is 4. The third-order valence-corrected chi connectivity index (χ3v) is 6.91. The van der Waals surface area contributed by atoms with Gasteiger partial charge in [-0.05, 0) is 79.1 Å². The highest BCUT2D eigenvalue weighted by Crippen LogP contribution is 2.56. The van der Waals surface area contributed by atoms with Crippen LogP contribution in [0, 0.1) is 11.3 Å². The van der Waals surface area contributed by atoms with E-state index in [1.165, 1.54) is 11.1 Å². The molecule has 0 N–H and O–H groups in total. The van der Waals surface area contributed by atoms with Crippen molar-refractivity contribution in [1.82, 2.24) is 0 Å². The molecule has 3 aromatic carbocycles. The van der Waals surface area contributed by atoms with Crippen molar-refractivity contribution in [2.75, 3.05) is 12.0 Å². The number of ether oxygens (including phenoxy) is 2. The van der Waals surface area contributed by atoms with E-state index in [9.17, 15) is 5.26 Å². The first kappa shape index (κ1) is 20.9. The molecule has 1 unspecified atom stereocenters. The van der Waals surface area contributed by atoms with Crippen LogP contribution in [-0.4, -0.2) is 12.8 Å². The van der Waals surface area contributed by atoms with Gasteiger partial charge in [-0.15, -0.1) is 0 Å². The molecule has 2 aliphatic heterocycles. The van der Waals surface area contributed by atoms with Crippen LogP contribution in [0.2, 0.25) is 0 Å². The average Bonchev–Trinajstić information content (AvgIpc) is 3.02. The van der Waals surface area contributed by atoms with Crippen LogP contribution in [0.5, 0.6) is 11.5 Å². The number of hydrogen-bond donors (Lipinski definition) is 0. The van der Waals surface area contributed by atoms with Crippen LogP contribution in [0.4, 0.5) is 5.69 Å². The minimum Gasteiger partial charge on any atom is -0.497 e. The molecule has 5 rings (SSSR count). The number of anilines is 1. The van der Waals surface area contributed by atoms with Gasteiger partial charge in [-0.2, -0.15) is 5.26 Å². The smallest absolute Gasteiger partial charge is 0.212 e. The summed E-state index contributed by atoms with van der Waals surface area (Å²) in [6.07, 6.45) is 6.07. The highest BCUT2D eigenvalue weighted by Gasteiger charge is 2.59. The quantitative estimate of drug-likeness (QED) is 0.483. The molecular weight excluding hydrogens is 408 g/mol. The molecule has 0 saturated heterocycles. The zero-order chi connectivity index (χ0) is 23.2. The van der Waals surface area contributed by atoms with Crippen LogP contribution < -0.4 is 14.4 Å². The number of hydrogen-bond acceptors (Lipinski definition) is 4. The number of fused-ring (bicyclic) bond motifs is 2. The summed E-state index contributed by atoms with van der Waals surface area (Å²) in [5.41, 5.74) is 5.00. The van der Waals surface area contributed by atoms with E-state index in [-0.39, 0.29) is 5.41 Å². The summed E-state index contributed by atoms with van der Waals surface area (Å²) in [6, 6.07) is 22.5. The summed E-state index contributed by atoms with van der Waals surface area (Å²) in [4.78, 5) is 2.34. The Balaban J connectivity index is 1.65. The minimum atomic E-state index is -0.736. The lowest BCUT2D eigenvalue weighted by Gasteiger charge is -2.47. The molecule has 4 nitrogen and oxygen atoms in total. The Bertz CT molecular complexity index is 1310. The number of nitriles is 1. The Morgan fingerprint density at radius 2 is 1.88 bits per heavy atom. The standard InChI is InChI=1S/C29H26N2O2/c1-5-20-6-8-21(9-7-20)19-31-26-12-11-24(32-4)17-25(26)28(2,3)29(31)15-14-23-16-22(18-30)10-13-27(23)33-29/h5-17H,1,19H2,2-4H3. The van der Waals surface area contributed by atoms with Crippen molar-refractivity contribution in [2.45, 2.75) is 31.5 Å². The normalized spacial score (nSPS) is 19.4. The van der Waals surface area contributed by atoms with Gasteiger partial charge in [0.1, 0.15) is 11.5 Å². The number of benzene rings is 3. The van der Waals surface area contributed by atoms with E-state index >= 15 is 0 Å². The lowest BCUT2D eigenvalue weighted by molar-refractivity contribution is 0.0521. The first-order chi connectivity index (χ1) is 15.9. The molecule has 1 atom stereocenters.